The predicted octanol–water partition coefficient (Wildman–Crippen LogP) is 5.02. The lowest BCUT2D eigenvalue weighted by Gasteiger charge is -2.63. The minimum atomic E-state index is -1.26. The molecule has 0 bridgehead atoms. The predicted molar refractivity (Wildman–Crippen MR) is 135 cm³/mol. The van der Waals surface area contributed by atoms with Crippen molar-refractivity contribution in [2.24, 2.45) is 45.3 Å². The fraction of sp³-hybridized carbons (Fsp3) is 0.900. The van der Waals surface area contributed by atoms with Crippen molar-refractivity contribution in [3.63, 3.8) is 0 Å². The van der Waals surface area contributed by atoms with Gasteiger partial charge in [0, 0.05) is 17.8 Å². The van der Waals surface area contributed by atoms with Crippen LogP contribution < -0.4 is 0 Å². The van der Waals surface area contributed by atoms with Crippen LogP contribution in [-0.2, 0) is 9.53 Å². The molecule has 198 valence electrons. The molecule has 0 aromatic heterocycles. The molecule has 1 saturated heterocycles. The van der Waals surface area contributed by atoms with E-state index in [-0.39, 0.29) is 27.6 Å². The van der Waals surface area contributed by atoms with Crippen LogP contribution in [-0.4, -0.2) is 45.2 Å². The number of allylic oxidation sites excluding steroid dienone is 2. The molecule has 0 aromatic rings. The highest BCUT2D eigenvalue weighted by atomic mass is 16.6. The highest BCUT2D eigenvalue weighted by Gasteiger charge is 2.66. The standard InChI is InChI=1S/C30H48O5/c1-26(2)22-9-8-20-19(28(22,5)13-12-23(26)31)11-15-29(6)18(10-14-30(20,29)7)17-16-21(35-25(17)33)24(32)27(3,4)34/h8,17-19,21-22,24-25,32-34H,9-16H2,1-7H3/t17?,18-,19-,21+,22-,24-,25-,28+,29-,30+/m0/s1. The van der Waals surface area contributed by atoms with Crippen LogP contribution >= 0.6 is 0 Å². The maximum Gasteiger partial charge on any atom is 0.158 e. The zero-order valence-corrected chi connectivity index (χ0v) is 22.9. The number of aliphatic hydroxyl groups is 3. The summed E-state index contributed by atoms with van der Waals surface area (Å²) in [4.78, 5) is 12.8. The summed E-state index contributed by atoms with van der Waals surface area (Å²) < 4.78 is 5.86. The number of ether oxygens (including phenoxy) is 1. The lowest BCUT2D eigenvalue weighted by molar-refractivity contribution is -0.172. The summed E-state index contributed by atoms with van der Waals surface area (Å²) in [6, 6.07) is 0. The third-order valence-corrected chi connectivity index (χ3v) is 12.4. The molecule has 5 rings (SSSR count). The number of hydrogen-bond acceptors (Lipinski definition) is 5. The van der Waals surface area contributed by atoms with Gasteiger partial charge < -0.3 is 20.1 Å². The van der Waals surface area contributed by atoms with Gasteiger partial charge in [0.15, 0.2) is 6.29 Å². The molecule has 0 spiro atoms. The Bertz CT molecular complexity index is 916. The van der Waals surface area contributed by atoms with Gasteiger partial charge in [-0.25, -0.2) is 0 Å². The molecule has 3 saturated carbocycles. The van der Waals surface area contributed by atoms with Crippen molar-refractivity contribution in [2.45, 2.75) is 124 Å². The first-order chi connectivity index (χ1) is 16.1. The zero-order chi connectivity index (χ0) is 25.8. The number of ketones is 1. The van der Waals surface area contributed by atoms with E-state index in [1.54, 1.807) is 19.4 Å². The van der Waals surface area contributed by atoms with E-state index in [0.29, 0.717) is 36.4 Å². The van der Waals surface area contributed by atoms with Crippen molar-refractivity contribution in [2.75, 3.05) is 0 Å². The third-order valence-electron chi connectivity index (χ3n) is 12.4. The Morgan fingerprint density at radius 3 is 2.43 bits per heavy atom. The second kappa shape index (κ2) is 7.88. The Morgan fingerprint density at radius 2 is 1.77 bits per heavy atom. The normalized spacial score (nSPS) is 50.2. The zero-order valence-electron chi connectivity index (χ0n) is 22.9. The molecule has 5 heteroatoms. The first-order valence-corrected chi connectivity index (χ1v) is 14.0. The molecule has 4 aliphatic carbocycles. The number of rotatable bonds is 3. The molecule has 0 amide bonds. The van der Waals surface area contributed by atoms with E-state index in [0.717, 1.165) is 38.5 Å². The molecule has 4 fully saturated rings. The summed E-state index contributed by atoms with van der Waals surface area (Å²) in [6.45, 7) is 14.9. The van der Waals surface area contributed by atoms with Gasteiger partial charge in [-0.2, -0.15) is 0 Å². The van der Waals surface area contributed by atoms with Gasteiger partial charge in [0.1, 0.15) is 11.9 Å². The Balaban J connectivity index is 1.44. The average molecular weight is 489 g/mol. The third kappa shape index (κ3) is 3.43. The molecule has 3 N–H and O–H groups in total. The molecule has 5 nitrogen and oxygen atoms in total. The SMILES string of the molecule is CC(C)(O)[C@@H](O)[C@H]1CC([C@@H]2CC[C@]3(C)C4=CC[C@H]5C(C)(C)C(=O)CC[C@]5(C)[C@H]4CC[C@@]23C)[C@@H](O)O1. The summed E-state index contributed by atoms with van der Waals surface area (Å²) in [5.41, 5.74) is 0.409. The number of carbonyl (C=O) groups is 1. The van der Waals surface area contributed by atoms with E-state index in [4.69, 9.17) is 4.74 Å². The van der Waals surface area contributed by atoms with Crippen LogP contribution in [0.4, 0.5) is 0 Å². The Hall–Kier alpha value is -0.750. The summed E-state index contributed by atoms with van der Waals surface area (Å²) in [5.74, 6) is 1.66. The molecule has 10 atom stereocenters. The smallest absolute Gasteiger partial charge is 0.158 e. The lowest BCUT2D eigenvalue weighted by atomic mass is 9.41. The summed E-state index contributed by atoms with van der Waals surface area (Å²) >= 11 is 0. The van der Waals surface area contributed by atoms with Crippen molar-refractivity contribution in [1.29, 1.82) is 0 Å². The number of aliphatic hydroxyl groups excluding tert-OH is 2. The van der Waals surface area contributed by atoms with Crippen molar-refractivity contribution >= 4 is 5.78 Å². The highest BCUT2D eigenvalue weighted by molar-refractivity contribution is 5.85. The van der Waals surface area contributed by atoms with E-state index in [1.807, 2.05) is 0 Å². The summed E-state index contributed by atoms with van der Waals surface area (Å²) in [6.07, 6.45) is 7.78. The van der Waals surface area contributed by atoms with Gasteiger partial charge in [-0.15, -0.1) is 0 Å². The first-order valence-electron chi connectivity index (χ1n) is 14.0. The topological polar surface area (TPSA) is 87.0 Å². The molecule has 0 aromatic carbocycles. The number of hydrogen-bond donors (Lipinski definition) is 3. The van der Waals surface area contributed by atoms with Gasteiger partial charge in [-0.05, 0) is 92.8 Å². The van der Waals surface area contributed by atoms with E-state index in [9.17, 15) is 20.1 Å². The number of carbonyl (C=O) groups excluding carboxylic acids is 1. The number of Topliss-reactive ketones (excluding diaryl/α,β-unsaturated/α-hetero) is 1. The van der Waals surface area contributed by atoms with E-state index in [2.05, 4.69) is 40.7 Å². The van der Waals surface area contributed by atoms with Crippen molar-refractivity contribution in [3.8, 4) is 0 Å². The van der Waals surface area contributed by atoms with Gasteiger partial charge >= 0.3 is 0 Å². The molecule has 1 aliphatic heterocycles. The Kier molecular flexibility index (Phi) is 5.83. The Morgan fingerprint density at radius 1 is 1.09 bits per heavy atom. The summed E-state index contributed by atoms with van der Waals surface area (Å²) in [7, 11) is 0. The van der Waals surface area contributed by atoms with Crippen molar-refractivity contribution in [3.05, 3.63) is 11.6 Å². The maximum atomic E-state index is 12.8. The second-order valence-electron chi connectivity index (χ2n) is 14.6. The van der Waals surface area contributed by atoms with Gasteiger partial charge in [0.25, 0.3) is 0 Å². The van der Waals surface area contributed by atoms with Crippen LogP contribution in [0.25, 0.3) is 0 Å². The molecule has 5 aliphatic rings. The molecule has 1 heterocycles. The van der Waals surface area contributed by atoms with Crippen LogP contribution in [0.5, 0.6) is 0 Å². The van der Waals surface area contributed by atoms with E-state index < -0.39 is 24.1 Å². The largest absolute Gasteiger partial charge is 0.388 e. The average Bonchev–Trinajstić information content (AvgIpc) is 3.26. The minimum absolute atomic E-state index is 0.0286. The Labute approximate surface area is 211 Å². The van der Waals surface area contributed by atoms with Crippen LogP contribution in [0.3, 0.4) is 0 Å². The van der Waals surface area contributed by atoms with Crippen molar-refractivity contribution < 1.29 is 24.9 Å². The number of fused-ring (bicyclic) bond motifs is 5. The molecule has 35 heavy (non-hydrogen) atoms. The van der Waals surface area contributed by atoms with Crippen LogP contribution in [0.2, 0.25) is 0 Å². The van der Waals surface area contributed by atoms with Gasteiger partial charge in [-0.3, -0.25) is 4.79 Å². The molecule has 1 unspecified atom stereocenters. The van der Waals surface area contributed by atoms with Crippen LogP contribution in [0, 0.1) is 45.3 Å². The second-order valence-corrected chi connectivity index (χ2v) is 14.6. The highest BCUT2D eigenvalue weighted by Crippen LogP contribution is 2.73. The van der Waals surface area contributed by atoms with Crippen molar-refractivity contribution in [1.82, 2.24) is 0 Å². The molecular weight excluding hydrogens is 440 g/mol. The molecular formula is C30H48O5. The van der Waals surface area contributed by atoms with Gasteiger partial charge in [0.05, 0.1) is 11.7 Å². The fourth-order valence-electron chi connectivity index (χ4n) is 9.98. The maximum absolute atomic E-state index is 12.8. The first kappa shape index (κ1) is 25.9. The van der Waals surface area contributed by atoms with Gasteiger partial charge in [0.2, 0.25) is 0 Å². The monoisotopic (exact) mass is 488 g/mol. The van der Waals surface area contributed by atoms with Gasteiger partial charge in [-0.1, -0.05) is 46.3 Å². The fourth-order valence-corrected chi connectivity index (χ4v) is 9.98. The molecule has 0 radical (unpaired) electrons. The van der Waals surface area contributed by atoms with E-state index >= 15 is 0 Å². The summed E-state index contributed by atoms with van der Waals surface area (Å²) in [5, 5.41) is 31.9. The quantitative estimate of drug-likeness (QED) is 0.486. The van der Waals surface area contributed by atoms with Crippen LogP contribution in [0.1, 0.15) is 99.8 Å². The minimum Gasteiger partial charge on any atom is -0.388 e. The van der Waals surface area contributed by atoms with Crippen LogP contribution in [0.15, 0.2) is 11.6 Å². The lowest BCUT2D eigenvalue weighted by Crippen LogP contribution is -2.57. The van der Waals surface area contributed by atoms with E-state index in [1.165, 1.54) is 0 Å².